The van der Waals surface area contributed by atoms with Crippen LogP contribution in [0, 0.1) is 0 Å². The predicted molar refractivity (Wildman–Crippen MR) is 171 cm³/mol. The van der Waals surface area contributed by atoms with Crippen molar-refractivity contribution in [3.05, 3.63) is 66.5 Å². The van der Waals surface area contributed by atoms with Gasteiger partial charge in [-0.15, -0.1) is 9.45 Å². The Balaban J connectivity index is 1.60. The lowest BCUT2D eigenvalue weighted by molar-refractivity contribution is -0.432. The number of hydrogen-bond acceptors (Lipinski definition) is 17. The van der Waals surface area contributed by atoms with E-state index in [9.17, 15) is 15.0 Å². The van der Waals surface area contributed by atoms with Crippen LogP contribution >= 0.6 is 12.0 Å². The van der Waals surface area contributed by atoms with E-state index in [2.05, 4.69) is 45.2 Å². The van der Waals surface area contributed by atoms with Crippen molar-refractivity contribution in [2.24, 2.45) is 10.2 Å². The molecule has 0 bridgehead atoms. The van der Waals surface area contributed by atoms with Crippen molar-refractivity contribution in [3.8, 4) is 23.0 Å². The molecule has 0 atom stereocenters. The molecule has 0 aliphatic rings. The van der Waals surface area contributed by atoms with Crippen molar-refractivity contribution in [1.82, 2.24) is 15.0 Å². The van der Waals surface area contributed by atoms with Crippen LogP contribution in [0.1, 0.15) is 10.6 Å². The summed E-state index contributed by atoms with van der Waals surface area (Å²) in [5.74, 6) is -1.18. The molecule has 5 rings (SSSR count). The van der Waals surface area contributed by atoms with E-state index in [-0.39, 0.29) is 34.4 Å². The number of azo groups is 1. The van der Waals surface area contributed by atoms with E-state index in [1.165, 1.54) is 27.4 Å². The molecule has 1 aromatic heterocycles. The number of aromatic carboxylic acids is 1. The van der Waals surface area contributed by atoms with Gasteiger partial charge in [0.15, 0.2) is 0 Å². The number of fused-ring (bicyclic) bond motifs is 1. The van der Waals surface area contributed by atoms with Crippen LogP contribution in [0.4, 0.5) is 40.3 Å². The van der Waals surface area contributed by atoms with Gasteiger partial charge in [-0.25, -0.2) is 10.1 Å². The summed E-state index contributed by atoms with van der Waals surface area (Å²) in [7, 11) is 4.44. The Bertz CT molecular complexity index is 1980. The number of methoxy groups -OCH3 is 3. The van der Waals surface area contributed by atoms with E-state index < -0.39 is 11.8 Å². The second kappa shape index (κ2) is 14.4. The molecule has 0 saturated carbocycles. The molecule has 18 heteroatoms. The van der Waals surface area contributed by atoms with Gasteiger partial charge in [0.1, 0.15) is 28.7 Å². The number of carboxylic acid groups (broad SMARTS) is 1. The number of anilines is 5. The number of benzene rings is 4. The maximum atomic E-state index is 12.0. The van der Waals surface area contributed by atoms with Crippen molar-refractivity contribution in [2.75, 3.05) is 37.7 Å². The summed E-state index contributed by atoms with van der Waals surface area (Å²) < 4.78 is 20.4. The Morgan fingerprint density at radius 3 is 2.26 bits per heavy atom. The van der Waals surface area contributed by atoms with Crippen molar-refractivity contribution in [1.29, 1.82) is 0 Å². The first kappa shape index (κ1) is 32.4. The summed E-state index contributed by atoms with van der Waals surface area (Å²) in [6.07, 6.45) is 0. The Morgan fingerprint density at radius 2 is 1.57 bits per heavy atom. The molecule has 0 spiro atoms. The van der Waals surface area contributed by atoms with E-state index in [4.69, 9.17) is 25.2 Å². The Morgan fingerprint density at radius 1 is 0.851 bits per heavy atom. The van der Waals surface area contributed by atoms with Gasteiger partial charge in [0.2, 0.25) is 17.7 Å². The van der Waals surface area contributed by atoms with Gasteiger partial charge < -0.3 is 40.8 Å². The monoisotopic (exact) mass is 662 g/mol. The molecule has 242 valence electrons. The highest BCUT2D eigenvalue weighted by atomic mass is 32.2. The van der Waals surface area contributed by atoms with E-state index in [0.717, 1.165) is 0 Å². The third-order valence-corrected chi connectivity index (χ3v) is 6.97. The van der Waals surface area contributed by atoms with Crippen LogP contribution in [-0.4, -0.2) is 57.7 Å². The molecule has 4 aromatic carbocycles. The molecule has 0 aliphatic heterocycles. The molecule has 47 heavy (non-hydrogen) atoms. The van der Waals surface area contributed by atoms with Crippen molar-refractivity contribution in [2.45, 2.75) is 4.90 Å². The molecule has 0 fully saturated rings. The zero-order valence-corrected chi connectivity index (χ0v) is 25.6. The first-order valence-electron chi connectivity index (χ1n) is 13.3. The number of aromatic hydroxyl groups is 1. The van der Waals surface area contributed by atoms with Crippen LogP contribution < -0.4 is 30.6 Å². The topological polar surface area (TPSA) is 237 Å². The van der Waals surface area contributed by atoms with E-state index in [0.29, 0.717) is 56.6 Å². The summed E-state index contributed by atoms with van der Waals surface area (Å²) in [4.78, 5) is 24.8. The minimum atomic E-state index is -1.41. The summed E-state index contributed by atoms with van der Waals surface area (Å²) in [6.45, 7) is 0. The van der Waals surface area contributed by atoms with Gasteiger partial charge in [-0.2, -0.15) is 20.1 Å². The number of carboxylic acids is 1. The number of nitrogens with zero attached hydrogens (tertiary/aromatic N) is 5. The van der Waals surface area contributed by atoms with E-state index in [1.54, 1.807) is 54.6 Å². The molecule has 7 N–H and O–H groups in total. The number of phenols is 1. The van der Waals surface area contributed by atoms with Gasteiger partial charge in [0.25, 0.3) is 0 Å². The van der Waals surface area contributed by atoms with Crippen LogP contribution in [0.2, 0.25) is 0 Å². The molecule has 0 saturated heterocycles. The van der Waals surface area contributed by atoms with Gasteiger partial charge in [-0.05, 0) is 47.9 Å². The van der Waals surface area contributed by atoms with Crippen LogP contribution in [-0.2, 0) is 9.37 Å². The van der Waals surface area contributed by atoms with Crippen LogP contribution in [0.15, 0.2) is 75.8 Å². The van der Waals surface area contributed by atoms with Crippen LogP contribution in [0.25, 0.3) is 10.8 Å². The van der Waals surface area contributed by atoms with Crippen LogP contribution in [0.5, 0.6) is 23.0 Å². The number of aromatic nitrogens is 3. The number of carbonyl (C=O) groups is 1. The molecule has 0 amide bonds. The lowest BCUT2D eigenvalue weighted by Crippen LogP contribution is -2.11. The van der Waals surface area contributed by atoms with Gasteiger partial charge in [0, 0.05) is 17.0 Å². The summed E-state index contributed by atoms with van der Waals surface area (Å²) >= 11 is 0.656. The standard InChI is InChI=1S/C29H26N8O9S/c1-42-16-6-9-19(23(12-16)44-3)31-28-33-26(27(39)40)34-29(35-28)32-20-8-4-14-10-17(47-46-45-41)13-21(38)24(14)25(20)37-36-15-5-7-18(30)22(11-15)43-2/h4-13,38,41H,30H2,1-3H3,(H,39,40)(H2,31,32,33,34,35). The predicted octanol–water partition coefficient (Wildman–Crippen LogP) is 6.37. The third-order valence-electron chi connectivity index (χ3n) is 6.41. The SMILES string of the molecule is COc1ccc(Nc2nc(Nc3ccc4cc(SOOO)cc(O)c4c3N=Nc3ccc(N)c(OC)c3)nc(C(=O)O)n2)c(OC)c1. The average Bonchev–Trinajstić information content (AvgIpc) is 3.07. The van der Waals surface area contributed by atoms with Crippen molar-refractivity contribution < 1.29 is 43.8 Å². The normalized spacial score (nSPS) is 11.1. The molecule has 5 aromatic rings. The molecule has 0 aliphatic carbocycles. The number of nitrogen functional groups attached to an aromatic ring is 1. The molecule has 0 unspecified atom stereocenters. The average molecular weight is 663 g/mol. The highest BCUT2D eigenvalue weighted by molar-refractivity contribution is 7.94. The van der Waals surface area contributed by atoms with Gasteiger partial charge in [-0.1, -0.05) is 11.1 Å². The highest BCUT2D eigenvalue weighted by Crippen LogP contribution is 2.43. The Kier molecular flexibility index (Phi) is 9.96. The number of phenolic OH excluding ortho intramolecular Hbond substituents is 1. The zero-order chi connectivity index (χ0) is 33.5. The van der Waals surface area contributed by atoms with Crippen molar-refractivity contribution >= 4 is 69.1 Å². The maximum Gasteiger partial charge on any atom is 0.374 e. The summed E-state index contributed by atoms with van der Waals surface area (Å²) in [5, 5.41) is 48.4. The highest BCUT2D eigenvalue weighted by Gasteiger charge is 2.18. The van der Waals surface area contributed by atoms with Gasteiger partial charge in [0.05, 0.1) is 61.5 Å². The second-order valence-electron chi connectivity index (χ2n) is 9.28. The van der Waals surface area contributed by atoms with E-state index in [1.807, 2.05) is 0 Å². The number of ether oxygens (including phenoxy) is 3. The maximum absolute atomic E-state index is 12.0. The minimum absolute atomic E-state index is 0.114. The first-order valence-corrected chi connectivity index (χ1v) is 14.0. The fourth-order valence-electron chi connectivity index (χ4n) is 4.30. The quantitative estimate of drug-likeness (QED) is 0.0264. The first-order chi connectivity index (χ1) is 22.7. The van der Waals surface area contributed by atoms with Gasteiger partial charge >= 0.3 is 5.97 Å². The molecular formula is C29H26N8O9S. The lowest BCUT2D eigenvalue weighted by atomic mass is 10.1. The fourth-order valence-corrected chi connectivity index (χ4v) is 4.75. The van der Waals surface area contributed by atoms with Crippen molar-refractivity contribution in [3.63, 3.8) is 0 Å². The Hall–Kier alpha value is -5.95. The Labute approximate surface area is 270 Å². The molecular weight excluding hydrogens is 636 g/mol. The minimum Gasteiger partial charge on any atom is -0.507 e. The number of nitrogens with two attached hydrogens (primary N) is 1. The van der Waals surface area contributed by atoms with E-state index >= 15 is 0 Å². The molecule has 1 heterocycles. The number of rotatable bonds is 13. The number of nitrogens with one attached hydrogen (secondary N) is 2. The smallest absolute Gasteiger partial charge is 0.374 e. The molecule has 0 radical (unpaired) electrons. The fraction of sp³-hybridized carbons (Fsp3) is 0.103. The van der Waals surface area contributed by atoms with Crippen LogP contribution in [0.3, 0.4) is 0 Å². The zero-order valence-electron chi connectivity index (χ0n) is 24.8. The third kappa shape index (κ3) is 7.48. The number of hydrogen-bond donors (Lipinski definition) is 6. The lowest BCUT2D eigenvalue weighted by Gasteiger charge is -2.14. The largest absolute Gasteiger partial charge is 0.507 e. The summed E-state index contributed by atoms with van der Waals surface area (Å²) in [6, 6.07) is 16.0. The second-order valence-corrected chi connectivity index (χ2v) is 10.1. The molecule has 17 nitrogen and oxygen atoms in total. The summed E-state index contributed by atoms with van der Waals surface area (Å²) in [5.41, 5.74) is 7.51. The van der Waals surface area contributed by atoms with Gasteiger partial charge in [-0.3, -0.25) is 0 Å².